The Morgan fingerprint density at radius 1 is 1.82 bits per heavy atom. The zero-order chi connectivity index (χ0) is 8.32. The van der Waals surface area contributed by atoms with Gasteiger partial charge in [0.15, 0.2) is 6.73 Å². The van der Waals surface area contributed by atoms with E-state index in [2.05, 4.69) is 14.8 Å². The lowest BCUT2D eigenvalue weighted by atomic mass is 10.1. The molecule has 0 bridgehead atoms. The molecule has 1 fully saturated rings. The molecule has 5 heteroatoms. The van der Waals surface area contributed by atoms with Crippen molar-refractivity contribution in [2.24, 2.45) is 10.5 Å². The van der Waals surface area contributed by atoms with Crippen molar-refractivity contribution in [1.29, 1.82) is 0 Å². The van der Waals surface area contributed by atoms with Crippen molar-refractivity contribution in [1.82, 2.24) is 0 Å². The number of hydrogen-bond acceptors (Lipinski definition) is 3. The monoisotopic (exact) mass is 155 g/mol. The molecule has 0 atom stereocenters. The van der Waals surface area contributed by atoms with E-state index in [4.69, 9.17) is 5.53 Å². The topological polar surface area (TPSA) is 75.1 Å². The van der Waals surface area contributed by atoms with Crippen molar-refractivity contribution in [2.75, 3.05) is 6.73 Å². The third-order valence-electron chi connectivity index (χ3n) is 1.81. The third kappa shape index (κ3) is 1.85. The van der Waals surface area contributed by atoms with Crippen molar-refractivity contribution >= 4 is 5.97 Å². The molecular formula is C6H9N3O2. The first-order chi connectivity index (χ1) is 5.19. The Labute approximate surface area is 64.0 Å². The first-order valence-electron chi connectivity index (χ1n) is 3.37. The first-order valence-corrected chi connectivity index (χ1v) is 3.37. The largest absolute Gasteiger partial charge is 0.459 e. The summed E-state index contributed by atoms with van der Waals surface area (Å²) in [5.74, 6) is -0.259. The minimum absolute atomic E-state index is 0.190. The Bertz CT molecular complexity index is 216. The maximum Gasteiger partial charge on any atom is 0.311 e. The predicted molar refractivity (Wildman–Crippen MR) is 37.4 cm³/mol. The molecule has 0 aromatic carbocycles. The molecule has 1 rings (SSSR count). The lowest BCUT2D eigenvalue weighted by Gasteiger charge is -2.05. The summed E-state index contributed by atoms with van der Waals surface area (Å²) in [7, 11) is 0. The maximum atomic E-state index is 11.0. The van der Waals surface area contributed by atoms with Gasteiger partial charge in [-0.2, -0.15) is 0 Å². The van der Waals surface area contributed by atoms with Gasteiger partial charge in [0.1, 0.15) is 0 Å². The zero-order valence-electron chi connectivity index (χ0n) is 6.28. The van der Waals surface area contributed by atoms with E-state index in [9.17, 15) is 4.79 Å². The molecule has 11 heavy (non-hydrogen) atoms. The van der Waals surface area contributed by atoms with Crippen LogP contribution in [0.4, 0.5) is 0 Å². The number of ether oxygens (including phenoxy) is 1. The van der Waals surface area contributed by atoms with E-state index in [1.54, 1.807) is 0 Å². The summed E-state index contributed by atoms with van der Waals surface area (Å²) < 4.78 is 4.65. The molecule has 0 aromatic rings. The van der Waals surface area contributed by atoms with Crippen molar-refractivity contribution in [2.45, 2.75) is 19.8 Å². The number of carbonyl (C=O) groups excluding carboxylic acids is 1. The van der Waals surface area contributed by atoms with Crippen molar-refractivity contribution in [3.63, 3.8) is 0 Å². The number of carbonyl (C=O) groups is 1. The van der Waals surface area contributed by atoms with Gasteiger partial charge in [-0.25, -0.2) is 0 Å². The average molecular weight is 155 g/mol. The van der Waals surface area contributed by atoms with Crippen LogP contribution in [0.2, 0.25) is 0 Å². The summed E-state index contributed by atoms with van der Waals surface area (Å²) in [6.45, 7) is 1.65. The van der Waals surface area contributed by atoms with Crippen LogP contribution in [0, 0.1) is 5.41 Å². The van der Waals surface area contributed by atoms with Crippen LogP contribution in [0.15, 0.2) is 5.11 Å². The maximum absolute atomic E-state index is 11.0. The van der Waals surface area contributed by atoms with Crippen LogP contribution < -0.4 is 0 Å². The Morgan fingerprint density at radius 3 is 2.91 bits per heavy atom. The Hall–Kier alpha value is -1.22. The normalized spacial score (nSPS) is 18.3. The van der Waals surface area contributed by atoms with E-state index in [-0.39, 0.29) is 18.1 Å². The van der Waals surface area contributed by atoms with Crippen LogP contribution in [0.1, 0.15) is 19.8 Å². The molecule has 0 spiro atoms. The molecule has 0 unspecified atom stereocenters. The molecule has 60 valence electrons. The standard InChI is InChI=1S/C6H9N3O2/c1-6(2-3-6)5(10)11-4-8-9-7/h2-4H2,1H3. The second-order valence-electron chi connectivity index (χ2n) is 2.85. The summed E-state index contributed by atoms with van der Waals surface area (Å²) in [5.41, 5.74) is 7.58. The number of azide groups is 1. The lowest BCUT2D eigenvalue weighted by Crippen LogP contribution is -2.15. The molecule has 0 radical (unpaired) electrons. The van der Waals surface area contributed by atoms with Gasteiger partial charge in [0.2, 0.25) is 0 Å². The molecule has 0 heterocycles. The van der Waals surface area contributed by atoms with Gasteiger partial charge in [-0.3, -0.25) is 4.79 Å². The summed E-state index contributed by atoms with van der Waals surface area (Å²) in [6.07, 6.45) is 1.75. The Kier molecular flexibility index (Phi) is 2.01. The molecular weight excluding hydrogens is 146 g/mol. The van der Waals surface area contributed by atoms with E-state index in [0.29, 0.717) is 0 Å². The molecule has 0 saturated heterocycles. The predicted octanol–water partition coefficient (Wildman–Crippen LogP) is 1.60. The van der Waals surface area contributed by atoms with Crippen LogP contribution in [0.25, 0.3) is 10.4 Å². The Balaban J connectivity index is 2.27. The zero-order valence-corrected chi connectivity index (χ0v) is 6.28. The summed E-state index contributed by atoms with van der Waals surface area (Å²) in [5, 5.41) is 3.09. The SMILES string of the molecule is CC1(C(=O)OCN=[N+]=[N-])CC1. The van der Waals surface area contributed by atoms with Crippen LogP contribution >= 0.6 is 0 Å². The van der Waals surface area contributed by atoms with E-state index in [0.717, 1.165) is 12.8 Å². The molecule has 1 aliphatic rings. The van der Waals surface area contributed by atoms with E-state index in [1.807, 2.05) is 6.92 Å². The van der Waals surface area contributed by atoms with Crippen molar-refractivity contribution < 1.29 is 9.53 Å². The highest BCUT2D eigenvalue weighted by Gasteiger charge is 2.46. The van der Waals surface area contributed by atoms with Gasteiger partial charge >= 0.3 is 5.97 Å². The van der Waals surface area contributed by atoms with Crippen molar-refractivity contribution in [3.05, 3.63) is 10.4 Å². The number of rotatable bonds is 3. The smallest absolute Gasteiger partial charge is 0.311 e. The Morgan fingerprint density at radius 2 is 2.45 bits per heavy atom. The van der Waals surface area contributed by atoms with Crippen LogP contribution in [0.3, 0.4) is 0 Å². The second-order valence-corrected chi connectivity index (χ2v) is 2.85. The minimum Gasteiger partial charge on any atom is -0.459 e. The number of hydrogen-bond donors (Lipinski definition) is 0. The number of esters is 1. The summed E-state index contributed by atoms with van der Waals surface area (Å²) in [6, 6.07) is 0. The molecule has 5 nitrogen and oxygen atoms in total. The molecule has 0 aliphatic heterocycles. The second kappa shape index (κ2) is 2.80. The van der Waals surface area contributed by atoms with Crippen LogP contribution in [-0.2, 0) is 9.53 Å². The molecule has 0 amide bonds. The first kappa shape index (κ1) is 7.88. The third-order valence-corrected chi connectivity index (χ3v) is 1.81. The molecule has 0 aromatic heterocycles. The molecule has 0 N–H and O–H groups in total. The van der Waals surface area contributed by atoms with Gasteiger partial charge in [0, 0.05) is 4.91 Å². The highest BCUT2D eigenvalue weighted by molar-refractivity contribution is 5.79. The van der Waals surface area contributed by atoms with Gasteiger partial charge in [-0.1, -0.05) is 5.11 Å². The van der Waals surface area contributed by atoms with Gasteiger partial charge < -0.3 is 4.74 Å². The van der Waals surface area contributed by atoms with Gasteiger partial charge in [-0.15, -0.1) is 0 Å². The van der Waals surface area contributed by atoms with E-state index in [1.165, 1.54) is 0 Å². The van der Waals surface area contributed by atoms with Gasteiger partial charge in [0.05, 0.1) is 5.41 Å². The minimum atomic E-state index is -0.287. The van der Waals surface area contributed by atoms with Crippen molar-refractivity contribution in [3.8, 4) is 0 Å². The van der Waals surface area contributed by atoms with Crippen LogP contribution in [0.5, 0.6) is 0 Å². The molecule has 1 saturated carbocycles. The van der Waals surface area contributed by atoms with Gasteiger partial charge in [-0.05, 0) is 25.3 Å². The molecule has 1 aliphatic carbocycles. The summed E-state index contributed by atoms with van der Waals surface area (Å²) in [4.78, 5) is 13.5. The highest BCUT2D eigenvalue weighted by atomic mass is 16.5. The fraction of sp³-hybridized carbons (Fsp3) is 0.833. The highest BCUT2D eigenvalue weighted by Crippen LogP contribution is 2.45. The van der Waals surface area contributed by atoms with Crippen LogP contribution in [-0.4, -0.2) is 12.7 Å². The summed E-state index contributed by atoms with van der Waals surface area (Å²) >= 11 is 0. The van der Waals surface area contributed by atoms with Gasteiger partial charge in [0.25, 0.3) is 0 Å². The lowest BCUT2D eigenvalue weighted by molar-refractivity contribution is -0.149. The van der Waals surface area contributed by atoms with E-state index < -0.39 is 0 Å². The van der Waals surface area contributed by atoms with E-state index >= 15 is 0 Å². The fourth-order valence-corrected chi connectivity index (χ4v) is 0.679. The fourth-order valence-electron chi connectivity index (χ4n) is 0.679. The quantitative estimate of drug-likeness (QED) is 0.268. The average Bonchev–Trinajstić information content (AvgIpc) is 2.70. The number of nitrogens with zero attached hydrogens (tertiary/aromatic N) is 3.